The Morgan fingerprint density at radius 1 is 1.20 bits per heavy atom. The summed E-state index contributed by atoms with van der Waals surface area (Å²) in [6.45, 7) is 5.45. The zero-order valence-electron chi connectivity index (χ0n) is 17.2. The molecule has 2 N–H and O–H groups in total. The predicted molar refractivity (Wildman–Crippen MR) is 97.1 cm³/mol. The molecule has 168 valence electrons. The van der Waals surface area contributed by atoms with Crippen LogP contribution in [0.4, 0.5) is 13.2 Å². The molecule has 1 heterocycles. The lowest BCUT2D eigenvalue weighted by atomic mass is 9.99. The van der Waals surface area contributed by atoms with Crippen LogP contribution in [-0.4, -0.2) is 64.3 Å². The number of carbonyl (C=O) groups is 3. The largest absolute Gasteiger partial charge is 0.480 e. The third kappa shape index (κ3) is 3.46. The topological polar surface area (TPSA) is 95.9 Å². The molecular weight excluding hydrogens is 405 g/mol. The number of hydrogen-bond donors (Lipinski definition) is 2. The lowest BCUT2D eigenvalue weighted by Crippen LogP contribution is -2.59. The van der Waals surface area contributed by atoms with E-state index in [-0.39, 0.29) is 23.8 Å². The van der Waals surface area contributed by atoms with Gasteiger partial charge in [-0.25, -0.2) is 4.79 Å². The van der Waals surface area contributed by atoms with Crippen LogP contribution >= 0.6 is 0 Å². The molecule has 30 heavy (non-hydrogen) atoms. The fourth-order valence-electron chi connectivity index (χ4n) is 5.37. The number of halogens is 3. The maximum absolute atomic E-state index is 13.2. The summed E-state index contributed by atoms with van der Waals surface area (Å²) in [6.07, 6.45) is -2.66. The van der Waals surface area contributed by atoms with E-state index in [1.165, 1.54) is 6.92 Å². The van der Waals surface area contributed by atoms with Gasteiger partial charge in [0.05, 0.1) is 11.7 Å². The third-order valence-corrected chi connectivity index (χ3v) is 7.51. The van der Waals surface area contributed by atoms with Gasteiger partial charge in [0.25, 0.3) is 0 Å². The van der Waals surface area contributed by atoms with Gasteiger partial charge >= 0.3 is 18.1 Å². The van der Waals surface area contributed by atoms with Gasteiger partial charge in [0.1, 0.15) is 12.1 Å². The Morgan fingerprint density at radius 2 is 1.80 bits per heavy atom. The number of nitrogens with one attached hydrogen (secondary N) is 1. The Labute approximate surface area is 172 Å². The van der Waals surface area contributed by atoms with Crippen molar-refractivity contribution in [3.05, 3.63) is 0 Å². The van der Waals surface area contributed by atoms with Crippen LogP contribution in [0.1, 0.15) is 46.5 Å². The number of alkyl halides is 3. The summed E-state index contributed by atoms with van der Waals surface area (Å²) < 4.78 is 44.7. The molecule has 0 aromatic carbocycles. The SMILES string of the molecule is C[C@@H](OC1(C2CC2)CC1)[C@H](NC(=O)C(F)(F)F)C(=O)N1C[C@H]2[C@@H]([C@H]1C(=O)O)C2(C)C. The van der Waals surface area contributed by atoms with Gasteiger partial charge in [-0.15, -0.1) is 0 Å². The number of carboxylic acids is 1. The van der Waals surface area contributed by atoms with Crippen LogP contribution < -0.4 is 5.32 Å². The van der Waals surface area contributed by atoms with Gasteiger partial charge < -0.3 is 20.1 Å². The zero-order valence-corrected chi connectivity index (χ0v) is 17.2. The summed E-state index contributed by atoms with van der Waals surface area (Å²) in [4.78, 5) is 37.8. The molecule has 2 amide bonds. The number of ether oxygens (including phenoxy) is 1. The molecule has 4 fully saturated rings. The molecule has 0 unspecified atom stereocenters. The molecule has 3 aliphatic carbocycles. The molecule has 4 aliphatic rings. The number of fused-ring (bicyclic) bond motifs is 1. The molecule has 1 aliphatic heterocycles. The van der Waals surface area contributed by atoms with E-state index < -0.39 is 47.7 Å². The summed E-state index contributed by atoms with van der Waals surface area (Å²) in [7, 11) is 0. The Morgan fingerprint density at radius 3 is 2.27 bits per heavy atom. The van der Waals surface area contributed by atoms with E-state index in [1.54, 1.807) is 5.32 Å². The number of carbonyl (C=O) groups excluding carboxylic acids is 2. The highest BCUT2D eigenvalue weighted by atomic mass is 19.4. The number of aliphatic carboxylic acids is 1. The summed E-state index contributed by atoms with van der Waals surface area (Å²) in [5.74, 6) is -4.20. The molecule has 4 rings (SSSR count). The molecule has 1 saturated heterocycles. The zero-order chi connectivity index (χ0) is 22.2. The van der Waals surface area contributed by atoms with Crippen LogP contribution in [0.25, 0.3) is 0 Å². The van der Waals surface area contributed by atoms with E-state index in [9.17, 15) is 32.7 Å². The van der Waals surface area contributed by atoms with Crippen LogP contribution in [0.2, 0.25) is 0 Å². The van der Waals surface area contributed by atoms with Crippen molar-refractivity contribution in [3.8, 4) is 0 Å². The maximum atomic E-state index is 13.2. The smallest absolute Gasteiger partial charge is 0.471 e. The number of nitrogens with zero attached hydrogens (tertiary/aromatic N) is 1. The highest BCUT2D eigenvalue weighted by Crippen LogP contribution is 2.65. The van der Waals surface area contributed by atoms with Crippen LogP contribution in [0.3, 0.4) is 0 Å². The molecular formula is C20H27F3N2O5. The predicted octanol–water partition coefficient (Wildman–Crippen LogP) is 1.95. The summed E-state index contributed by atoms with van der Waals surface area (Å²) in [6, 6.07) is -2.72. The van der Waals surface area contributed by atoms with Crippen molar-refractivity contribution in [2.45, 2.75) is 76.4 Å². The Kier molecular flexibility index (Phi) is 4.69. The van der Waals surface area contributed by atoms with Crippen molar-refractivity contribution < 1.29 is 37.4 Å². The fraction of sp³-hybridized carbons (Fsp3) is 0.850. The van der Waals surface area contributed by atoms with Crippen molar-refractivity contribution in [2.24, 2.45) is 23.2 Å². The number of carboxylic acid groups (broad SMARTS) is 1. The minimum Gasteiger partial charge on any atom is -0.480 e. The average Bonchev–Trinajstić information content (AvgIpc) is 3.55. The summed E-state index contributed by atoms with van der Waals surface area (Å²) >= 11 is 0. The average molecular weight is 432 g/mol. The first kappa shape index (κ1) is 21.4. The molecule has 0 aromatic heterocycles. The van der Waals surface area contributed by atoms with Crippen molar-refractivity contribution in [1.29, 1.82) is 0 Å². The minimum atomic E-state index is -5.16. The first-order valence-corrected chi connectivity index (χ1v) is 10.4. The van der Waals surface area contributed by atoms with E-state index in [2.05, 4.69) is 0 Å². The minimum absolute atomic E-state index is 0.0287. The van der Waals surface area contributed by atoms with Crippen LogP contribution in [0.5, 0.6) is 0 Å². The van der Waals surface area contributed by atoms with Gasteiger partial charge in [-0.1, -0.05) is 13.8 Å². The number of rotatable bonds is 7. The number of piperidine rings is 1. The number of likely N-dealkylation sites (tertiary alicyclic amines) is 1. The van der Waals surface area contributed by atoms with Crippen LogP contribution in [0.15, 0.2) is 0 Å². The Balaban J connectivity index is 1.54. The van der Waals surface area contributed by atoms with Crippen molar-refractivity contribution in [1.82, 2.24) is 10.2 Å². The molecule has 10 heteroatoms. The molecule has 0 radical (unpaired) electrons. The van der Waals surface area contributed by atoms with E-state index in [0.717, 1.165) is 30.6 Å². The molecule has 7 nitrogen and oxygen atoms in total. The quantitative estimate of drug-likeness (QED) is 0.641. The highest BCUT2D eigenvalue weighted by Gasteiger charge is 2.70. The fourth-order valence-corrected chi connectivity index (χ4v) is 5.37. The first-order chi connectivity index (χ1) is 13.8. The van der Waals surface area contributed by atoms with Crippen molar-refractivity contribution in [2.75, 3.05) is 6.54 Å². The normalized spacial score (nSPS) is 32.7. The Bertz CT molecular complexity index is 775. The van der Waals surface area contributed by atoms with Gasteiger partial charge in [-0.3, -0.25) is 9.59 Å². The monoisotopic (exact) mass is 432 g/mol. The Hall–Kier alpha value is -1.84. The van der Waals surface area contributed by atoms with Crippen molar-refractivity contribution in [3.63, 3.8) is 0 Å². The highest BCUT2D eigenvalue weighted by molar-refractivity contribution is 5.93. The van der Waals surface area contributed by atoms with Gasteiger partial charge in [0.2, 0.25) is 5.91 Å². The molecule has 5 atom stereocenters. The van der Waals surface area contributed by atoms with E-state index in [4.69, 9.17) is 4.74 Å². The standard InChI is InChI=1S/C20H27F3N2O5/c1-9(30-19(6-7-19)10-4-5-10)13(24-17(29)20(21,22)23)15(26)25-8-11-12(18(11,2)3)14(25)16(27)28/h9-14H,4-8H2,1-3H3,(H,24,29)(H,27,28)/t9-,11+,12+,13+,14+/m1/s1. The van der Waals surface area contributed by atoms with Crippen molar-refractivity contribution >= 4 is 17.8 Å². The van der Waals surface area contributed by atoms with Crippen LogP contribution in [0, 0.1) is 23.2 Å². The van der Waals surface area contributed by atoms with Gasteiger partial charge in [0.15, 0.2) is 0 Å². The lowest BCUT2D eigenvalue weighted by Gasteiger charge is -2.35. The third-order valence-electron chi connectivity index (χ3n) is 7.51. The first-order valence-electron chi connectivity index (χ1n) is 10.4. The maximum Gasteiger partial charge on any atom is 0.471 e. The molecule has 0 bridgehead atoms. The lowest BCUT2D eigenvalue weighted by molar-refractivity contribution is -0.177. The molecule has 0 spiro atoms. The van der Waals surface area contributed by atoms with Gasteiger partial charge in [0, 0.05) is 12.5 Å². The number of amides is 2. The second kappa shape index (κ2) is 6.58. The van der Waals surface area contributed by atoms with E-state index in [1.807, 2.05) is 13.8 Å². The molecule has 0 aromatic rings. The van der Waals surface area contributed by atoms with E-state index >= 15 is 0 Å². The summed E-state index contributed by atoms with van der Waals surface area (Å²) in [5.41, 5.74) is -0.668. The second-order valence-corrected chi connectivity index (χ2v) is 9.84. The summed E-state index contributed by atoms with van der Waals surface area (Å²) in [5, 5.41) is 11.5. The molecule has 3 saturated carbocycles. The second-order valence-electron chi connectivity index (χ2n) is 9.84. The van der Waals surface area contributed by atoms with Crippen LogP contribution in [-0.2, 0) is 19.1 Å². The van der Waals surface area contributed by atoms with E-state index in [0.29, 0.717) is 5.92 Å². The van der Waals surface area contributed by atoms with Gasteiger partial charge in [-0.05, 0) is 49.9 Å². The number of hydrogen-bond acceptors (Lipinski definition) is 4. The van der Waals surface area contributed by atoms with Gasteiger partial charge in [-0.2, -0.15) is 13.2 Å².